The number of ether oxygens (including phenoxy) is 1. The molecule has 0 aliphatic heterocycles. The van der Waals surface area contributed by atoms with Gasteiger partial charge in [-0.3, -0.25) is 4.79 Å². The van der Waals surface area contributed by atoms with E-state index in [2.05, 4.69) is 12.7 Å². The fraction of sp³-hybridized carbons (Fsp3) is 0.389. The Morgan fingerprint density at radius 3 is 2.38 bits per heavy atom. The van der Waals surface area contributed by atoms with Crippen molar-refractivity contribution in [1.29, 1.82) is 0 Å². The lowest BCUT2D eigenvalue weighted by Crippen LogP contribution is -2.27. The topological polar surface area (TPSA) is 46.5 Å². The zero-order valence-corrected chi connectivity index (χ0v) is 13.1. The van der Waals surface area contributed by atoms with Crippen LogP contribution >= 0.6 is 0 Å². The molecule has 1 aromatic carbocycles. The summed E-state index contributed by atoms with van der Waals surface area (Å²) in [5.74, 6) is -0.0562. The number of rotatable bonds is 8. The van der Waals surface area contributed by atoms with Crippen molar-refractivity contribution in [3.63, 3.8) is 0 Å². The molecule has 0 saturated carbocycles. The van der Waals surface area contributed by atoms with Crippen LogP contribution in [0.2, 0.25) is 0 Å². The minimum Gasteiger partial charge on any atom is -0.497 e. The van der Waals surface area contributed by atoms with Crippen molar-refractivity contribution in [2.45, 2.75) is 38.5 Å². The molecule has 0 spiro atoms. The molecule has 0 aromatic heterocycles. The molecule has 0 aliphatic carbocycles. The molecule has 0 radical (unpaired) electrons. The van der Waals surface area contributed by atoms with Gasteiger partial charge < -0.3 is 9.84 Å². The molecule has 0 aliphatic rings. The minimum atomic E-state index is -0.817. The first kappa shape index (κ1) is 17.0. The van der Waals surface area contributed by atoms with Gasteiger partial charge in [0.2, 0.25) is 0 Å². The van der Waals surface area contributed by atoms with Crippen molar-refractivity contribution in [3.8, 4) is 5.75 Å². The first-order valence-electron chi connectivity index (χ1n) is 7.07. The quantitative estimate of drug-likeness (QED) is 0.724. The van der Waals surface area contributed by atoms with Gasteiger partial charge in [-0.25, -0.2) is 0 Å². The molecule has 114 valence electrons. The smallest absolute Gasteiger partial charge is 0.304 e. The predicted molar refractivity (Wildman–Crippen MR) is 85.8 cm³/mol. The number of hydrogen-bond acceptors (Lipinski definition) is 2. The van der Waals surface area contributed by atoms with Gasteiger partial charge in [-0.2, -0.15) is 0 Å². The molecule has 0 bridgehead atoms. The molecule has 1 unspecified atom stereocenters. The number of hydrogen-bond donors (Lipinski definition) is 1. The van der Waals surface area contributed by atoms with E-state index in [1.165, 1.54) is 5.57 Å². The Labute approximate surface area is 127 Å². The summed E-state index contributed by atoms with van der Waals surface area (Å²) in [6.45, 7) is 7.97. The average molecular weight is 288 g/mol. The van der Waals surface area contributed by atoms with Gasteiger partial charge in [0.1, 0.15) is 5.75 Å². The Kier molecular flexibility index (Phi) is 6.22. The largest absolute Gasteiger partial charge is 0.497 e. The molecule has 0 amide bonds. The summed E-state index contributed by atoms with van der Waals surface area (Å²) in [7, 11) is 1.61. The van der Waals surface area contributed by atoms with E-state index in [-0.39, 0.29) is 6.42 Å². The van der Waals surface area contributed by atoms with Gasteiger partial charge in [0, 0.05) is 5.41 Å². The molecule has 1 N–H and O–H groups in total. The predicted octanol–water partition coefficient (Wildman–Crippen LogP) is 4.34. The van der Waals surface area contributed by atoms with Crippen molar-refractivity contribution >= 4 is 5.97 Å². The summed E-state index contributed by atoms with van der Waals surface area (Å²) in [6.07, 6.45) is 5.48. The summed E-state index contributed by atoms with van der Waals surface area (Å²) in [4.78, 5) is 11.3. The average Bonchev–Trinajstić information content (AvgIpc) is 2.45. The van der Waals surface area contributed by atoms with Crippen LogP contribution in [0.5, 0.6) is 5.75 Å². The van der Waals surface area contributed by atoms with Crippen LogP contribution in [0.15, 0.2) is 48.6 Å². The van der Waals surface area contributed by atoms with E-state index < -0.39 is 11.4 Å². The zero-order valence-electron chi connectivity index (χ0n) is 13.1. The normalized spacial score (nSPS) is 13.1. The summed E-state index contributed by atoms with van der Waals surface area (Å²) in [5, 5.41) is 9.26. The molecule has 0 fully saturated rings. The van der Waals surface area contributed by atoms with Gasteiger partial charge in [-0.05, 0) is 44.4 Å². The number of allylic oxidation sites excluding steroid dienone is 3. The van der Waals surface area contributed by atoms with Crippen LogP contribution in [0.1, 0.15) is 38.7 Å². The van der Waals surface area contributed by atoms with E-state index in [1.54, 1.807) is 13.2 Å². The Bertz CT molecular complexity index is 510. The van der Waals surface area contributed by atoms with Crippen molar-refractivity contribution in [1.82, 2.24) is 0 Å². The fourth-order valence-electron chi connectivity index (χ4n) is 2.44. The molecule has 1 rings (SSSR count). The first-order valence-corrected chi connectivity index (χ1v) is 7.07. The highest BCUT2D eigenvalue weighted by atomic mass is 16.5. The summed E-state index contributed by atoms with van der Waals surface area (Å²) < 4.78 is 5.16. The highest BCUT2D eigenvalue weighted by Crippen LogP contribution is 2.35. The lowest BCUT2D eigenvalue weighted by atomic mass is 9.74. The van der Waals surface area contributed by atoms with Crippen molar-refractivity contribution < 1.29 is 14.6 Å². The third-order valence-corrected chi connectivity index (χ3v) is 3.67. The second-order valence-corrected chi connectivity index (χ2v) is 5.48. The second kappa shape index (κ2) is 7.67. The molecule has 3 nitrogen and oxygen atoms in total. The van der Waals surface area contributed by atoms with E-state index in [9.17, 15) is 9.90 Å². The highest BCUT2D eigenvalue weighted by Gasteiger charge is 2.31. The SMILES string of the molecule is C=CC(CCC=C(C)C)(CC(=O)O)c1ccc(OC)cc1. The van der Waals surface area contributed by atoms with Gasteiger partial charge in [0.05, 0.1) is 13.5 Å². The fourth-order valence-corrected chi connectivity index (χ4v) is 2.44. The maximum atomic E-state index is 11.3. The van der Waals surface area contributed by atoms with Crippen molar-refractivity contribution in [2.75, 3.05) is 7.11 Å². The lowest BCUT2D eigenvalue weighted by Gasteiger charge is -2.29. The maximum absolute atomic E-state index is 11.3. The van der Waals surface area contributed by atoms with Crippen molar-refractivity contribution in [3.05, 3.63) is 54.1 Å². The molecular formula is C18H24O3. The van der Waals surface area contributed by atoms with E-state index in [0.29, 0.717) is 0 Å². The molecular weight excluding hydrogens is 264 g/mol. The van der Waals surface area contributed by atoms with E-state index in [4.69, 9.17) is 4.74 Å². The van der Waals surface area contributed by atoms with Crippen LogP contribution in [-0.4, -0.2) is 18.2 Å². The van der Waals surface area contributed by atoms with Crippen LogP contribution in [0, 0.1) is 0 Å². The van der Waals surface area contributed by atoms with E-state index >= 15 is 0 Å². The van der Waals surface area contributed by atoms with Crippen LogP contribution < -0.4 is 4.74 Å². The highest BCUT2D eigenvalue weighted by molar-refractivity contribution is 5.70. The summed E-state index contributed by atoms with van der Waals surface area (Å²) >= 11 is 0. The second-order valence-electron chi connectivity index (χ2n) is 5.48. The summed E-state index contributed by atoms with van der Waals surface area (Å²) in [6, 6.07) is 7.56. The Morgan fingerprint density at radius 2 is 1.95 bits per heavy atom. The molecule has 3 heteroatoms. The van der Waals surface area contributed by atoms with Crippen LogP contribution in [0.3, 0.4) is 0 Å². The van der Waals surface area contributed by atoms with Gasteiger partial charge in [0.25, 0.3) is 0 Å². The maximum Gasteiger partial charge on any atom is 0.304 e. The molecule has 0 saturated heterocycles. The molecule has 1 aromatic rings. The number of carboxylic acid groups (broad SMARTS) is 1. The lowest BCUT2D eigenvalue weighted by molar-refractivity contribution is -0.138. The number of carboxylic acids is 1. The third-order valence-electron chi connectivity index (χ3n) is 3.67. The van der Waals surface area contributed by atoms with Gasteiger partial charge >= 0.3 is 5.97 Å². The number of carbonyl (C=O) groups is 1. The van der Waals surface area contributed by atoms with Crippen LogP contribution in [0.25, 0.3) is 0 Å². The minimum absolute atomic E-state index is 0.0411. The Hall–Kier alpha value is -2.03. The Balaban J connectivity index is 3.11. The van der Waals surface area contributed by atoms with E-state index in [1.807, 2.05) is 38.1 Å². The zero-order chi connectivity index (χ0) is 15.9. The van der Waals surface area contributed by atoms with Crippen LogP contribution in [0.4, 0.5) is 0 Å². The van der Waals surface area contributed by atoms with Crippen molar-refractivity contribution in [2.24, 2.45) is 0 Å². The molecule has 1 atom stereocenters. The Morgan fingerprint density at radius 1 is 1.33 bits per heavy atom. The standard InChI is InChI=1S/C18H24O3/c1-5-18(13-17(19)20,12-6-7-14(2)3)15-8-10-16(21-4)11-9-15/h5,7-11H,1,6,12-13H2,2-4H3,(H,19,20). The first-order chi connectivity index (χ1) is 9.93. The monoisotopic (exact) mass is 288 g/mol. The third kappa shape index (κ3) is 4.78. The van der Waals surface area contributed by atoms with Gasteiger partial charge in [-0.1, -0.05) is 29.9 Å². The number of aliphatic carboxylic acids is 1. The summed E-state index contributed by atoms with van der Waals surface area (Å²) in [5.41, 5.74) is 1.64. The van der Waals surface area contributed by atoms with Gasteiger partial charge in [-0.15, -0.1) is 6.58 Å². The van der Waals surface area contributed by atoms with Crippen LogP contribution in [-0.2, 0) is 10.2 Å². The van der Waals surface area contributed by atoms with E-state index in [0.717, 1.165) is 24.2 Å². The molecule has 0 heterocycles. The number of methoxy groups -OCH3 is 1. The molecule has 21 heavy (non-hydrogen) atoms. The van der Waals surface area contributed by atoms with Gasteiger partial charge in [0.15, 0.2) is 0 Å². The number of benzene rings is 1.